The maximum atomic E-state index is 5.66. The van der Waals surface area contributed by atoms with Crippen LogP contribution < -0.4 is 10.6 Å². The first-order valence-electron chi connectivity index (χ1n) is 8.85. The molecule has 0 bridgehead atoms. The van der Waals surface area contributed by atoms with Crippen molar-refractivity contribution in [2.45, 2.75) is 51.6 Å². The second kappa shape index (κ2) is 9.03. The lowest BCUT2D eigenvalue weighted by atomic mass is 9.93. The van der Waals surface area contributed by atoms with Crippen LogP contribution in [0.2, 0.25) is 0 Å². The summed E-state index contributed by atoms with van der Waals surface area (Å²) in [5.74, 6) is 0.735. The highest BCUT2D eigenvalue weighted by Gasteiger charge is 2.34. The average molecular weight is 339 g/mol. The second-order valence-corrected chi connectivity index (χ2v) is 6.91. The van der Waals surface area contributed by atoms with Crippen LogP contribution in [0.1, 0.15) is 36.0 Å². The van der Waals surface area contributed by atoms with Crippen LogP contribution in [0.4, 0.5) is 0 Å². The highest BCUT2D eigenvalue weighted by molar-refractivity contribution is 5.85. The fourth-order valence-electron chi connectivity index (χ4n) is 4.21. The zero-order valence-electron chi connectivity index (χ0n) is 14.4. The third-order valence-corrected chi connectivity index (χ3v) is 5.46. The molecule has 2 N–H and O–H groups in total. The standard InChI is InChI=1S/C19H30N2O.ClH/c1-14-5-3-6-15(2)16(14)9-10-20-18-8-4-7-17(18)19-13-22-12-11-21-19;/h3,5-6,17-21H,4,7-13H2,1-2H3;1H. The molecule has 1 aliphatic heterocycles. The Bertz CT molecular complexity index is 468. The van der Waals surface area contributed by atoms with Crippen molar-refractivity contribution in [3.8, 4) is 0 Å². The van der Waals surface area contributed by atoms with Crippen LogP contribution in [0.15, 0.2) is 18.2 Å². The first-order chi connectivity index (χ1) is 10.8. The van der Waals surface area contributed by atoms with Gasteiger partial charge in [0.25, 0.3) is 0 Å². The van der Waals surface area contributed by atoms with E-state index in [1.54, 1.807) is 0 Å². The minimum Gasteiger partial charge on any atom is -0.379 e. The van der Waals surface area contributed by atoms with Crippen molar-refractivity contribution in [1.82, 2.24) is 10.6 Å². The summed E-state index contributed by atoms with van der Waals surface area (Å²) in [6, 6.07) is 7.81. The molecule has 1 aliphatic carbocycles. The van der Waals surface area contributed by atoms with Gasteiger partial charge in [0.05, 0.1) is 13.2 Å². The van der Waals surface area contributed by atoms with Gasteiger partial charge in [-0.05, 0) is 62.3 Å². The van der Waals surface area contributed by atoms with E-state index in [-0.39, 0.29) is 12.4 Å². The van der Waals surface area contributed by atoms with Crippen LogP contribution in [-0.2, 0) is 11.2 Å². The Morgan fingerprint density at radius 2 is 2.00 bits per heavy atom. The Labute approximate surface area is 147 Å². The summed E-state index contributed by atoms with van der Waals surface area (Å²) in [5.41, 5.74) is 4.36. The highest BCUT2D eigenvalue weighted by Crippen LogP contribution is 2.29. The molecule has 130 valence electrons. The van der Waals surface area contributed by atoms with Crippen molar-refractivity contribution in [2.75, 3.05) is 26.3 Å². The quantitative estimate of drug-likeness (QED) is 0.865. The van der Waals surface area contributed by atoms with E-state index in [9.17, 15) is 0 Å². The normalized spacial score (nSPS) is 27.7. The fraction of sp³-hybridized carbons (Fsp3) is 0.684. The molecule has 1 saturated carbocycles. The van der Waals surface area contributed by atoms with Crippen molar-refractivity contribution < 1.29 is 4.74 Å². The topological polar surface area (TPSA) is 33.3 Å². The van der Waals surface area contributed by atoms with E-state index < -0.39 is 0 Å². The summed E-state index contributed by atoms with van der Waals surface area (Å²) in [5, 5.41) is 7.49. The van der Waals surface area contributed by atoms with Crippen molar-refractivity contribution in [2.24, 2.45) is 5.92 Å². The Morgan fingerprint density at radius 1 is 1.22 bits per heavy atom. The van der Waals surface area contributed by atoms with Gasteiger partial charge in [0.15, 0.2) is 0 Å². The van der Waals surface area contributed by atoms with Gasteiger partial charge in [-0.15, -0.1) is 12.4 Å². The van der Waals surface area contributed by atoms with E-state index in [0.29, 0.717) is 12.1 Å². The van der Waals surface area contributed by atoms with Crippen LogP contribution in [0, 0.1) is 19.8 Å². The fourth-order valence-corrected chi connectivity index (χ4v) is 4.21. The molecule has 3 unspecified atom stereocenters. The first-order valence-corrected chi connectivity index (χ1v) is 8.85. The molecule has 0 spiro atoms. The van der Waals surface area contributed by atoms with E-state index in [2.05, 4.69) is 42.7 Å². The molecule has 3 nitrogen and oxygen atoms in total. The van der Waals surface area contributed by atoms with Gasteiger partial charge in [0.2, 0.25) is 0 Å². The highest BCUT2D eigenvalue weighted by atomic mass is 35.5. The zero-order chi connectivity index (χ0) is 15.4. The van der Waals surface area contributed by atoms with Gasteiger partial charge in [-0.1, -0.05) is 24.6 Å². The molecule has 1 aromatic rings. The summed E-state index contributed by atoms with van der Waals surface area (Å²) in [6.45, 7) is 8.30. The van der Waals surface area contributed by atoms with Crippen molar-refractivity contribution in [3.63, 3.8) is 0 Å². The van der Waals surface area contributed by atoms with Gasteiger partial charge >= 0.3 is 0 Å². The van der Waals surface area contributed by atoms with E-state index in [4.69, 9.17) is 4.74 Å². The number of rotatable bonds is 5. The molecule has 3 rings (SSSR count). The molecule has 2 fully saturated rings. The third-order valence-electron chi connectivity index (χ3n) is 5.46. The number of benzene rings is 1. The lowest BCUT2D eigenvalue weighted by Crippen LogP contribution is -2.51. The minimum absolute atomic E-state index is 0. The largest absolute Gasteiger partial charge is 0.379 e. The number of ether oxygens (including phenoxy) is 1. The maximum Gasteiger partial charge on any atom is 0.0623 e. The predicted octanol–water partition coefficient (Wildman–Crippen LogP) is 3.01. The Hall–Kier alpha value is -0.610. The van der Waals surface area contributed by atoms with Crippen molar-refractivity contribution >= 4 is 12.4 Å². The molecule has 4 heteroatoms. The monoisotopic (exact) mass is 338 g/mol. The van der Waals surface area contributed by atoms with Crippen molar-refractivity contribution in [3.05, 3.63) is 34.9 Å². The number of halogens is 1. The summed E-state index contributed by atoms with van der Waals surface area (Å²) in [4.78, 5) is 0. The number of hydrogen-bond acceptors (Lipinski definition) is 3. The summed E-state index contributed by atoms with van der Waals surface area (Å²) in [7, 11) is 0. The lowest BCUT2D eigenvalue weighted by Gasteiger charge is -2.33. The van der Waals surface area contributed by atoms with Gasteiger partial charge in [-0.25, -0.2) is 0 Å². The maximum absolute atomic E-state index is 5.66. The van der Waals surface area contributed by atoms with Gasteiger partial charge in [0, 0.05) is 18.6 Å². The average Bonchev–Trinajstić information content (AvgIpc) is 2.99. The number of aryl methyl sites for hydroxylation is 2. The molecule has 1 saturated heterocycles. The van der Waals surface area contributed by atoms with Crippen molar-refractivity contribution in [1.29, 1.82) is 0 Å². The predicted molar refractivity (Wildman–Crippen MR) is 98.6 cm³/mol. The molecule has 23 heavy (non-hydrogen) atoms. The molecule has 2 aliphatic rings. The summed E-state index contributed by atoms with van der Waals surface area (Å²) >= 11 is 0. The SMILES string of the molecule is Cc1cccc(C)c1CCNC1CCCC1C1COCCN1.Cl. The Balaban J connectivity index is 0.00000192. The summed E-state index contributed by atoms with van der Waals surface area (Å²) in [6.07, 6.45) is 5.14. The molecular formula is C19H31ClN2O. The molecule has 0 amide bonds. The van der Waals surface area contributed by atoms with Gasteiger partial charge < -0.3 is 15.4 Å². The van der Waals surface area contributed by atoms with E-state index in [1.807, 2.05) is 0 Å². The molecule has 0 radical (unpaired) electrons. The molecule has 3 atom stereocenters. The molecular weight excluding hydrogens is 308 g/mol. The second-order valence-electron chi connectivity index (χ2n) is 6.91. The molecule has 1 heterocycles. The van der Waals surface area contributed by atoms with Crippen LogP contribution in [-0.4, -0.2) is 38.4 Å². The zero-order valence-corrected chi connectivity index (χ0v) is 15.3. The summed E-state index contributed by atoms with van der Waals surface area (Å²) < 4.78 is 5.66. The Morgan fingerprint density at radius 3 is 2.70 bits per heavy atom. The third kappa shape index (κ3) is 4.69. The smallest absolute Gasteiger partial charge is 0.0623 e. The first kappa shape index (κ1) is 18.7. The van der Waals surface area contributed by atoms with Gasteiger partial charge in [0.1, 0.15) is 0 Å². The van der Waals surface area contributed by atoms with Crippen LogP contribution in [0.25, 0.3) is 0 Å². The number of hydrogen-bond donors (Lipinski definition) is 2. The molecule has 1 aromatic carbocycles. The Kier molecular flexibility index (Phi) is 7.35. The van der Waals surface area contributed by atoms with Gasteiger partial charge in [-0.2, -0.15) is 0 Å². The van der Waals surface area contributed by atoms with E-state index in [1.165, 1.54) is 36.0 Å². The van der Waals surface area contributed by atoms with E-state index >= 15 is 0 Å². The minimum atomic E-state index is 0. The lowest BCUT2D eigenvalue weighted by molar-refractivity contribution is 0.0526. The van der Waals surface area contributed by atoms with Gasteiger partial charge in [-0.3, -0.25) is 0 Å². The van der Waals surface area contributed by atoms with Crippen LogP contribution in [0.5, 0.6) is 0 Å². The van der Waals surface area contributed by atoms with Crippen LogP contribution >= 0.6 is 12.4 Å². The molecule has 0 aromatic heterocycles. The van der Waals surface area contributed by atoms with Crippen LogP contribution in [0.3, 0.4) is 0 Å². The number of morpholine rings is 1. The number of nitrogens with one attached hydrogen (secondary N) is 2. The van der Waals surface area contributed by atoms with E-state index in [0.717, 1.165) is 38.6 Å².